The fourth-order valence-corrected chi connectivity index (χ4v) is 4.69. The van der Waals surface area contributed by atoms with Gasteiger partial charge >= 0.3 is 0 Å². The van der Waals surface area contributed by atoms with E-state index in [4.69, 9.17) is 4.52 Å². The first kappa shape index (κ1) is 18.7. The second kappa shape index (κ2) is 7.47. The molecule has 0 aliphatic heterocycles. The zero-order valence-electron chi connectivity index (χ0n) is 14.3. The van der Waals surface area contributed by atoms with Crippen LogP contribution in [0, 0.1) is 5.82 Å². The van der Waals surface area contributed by atoms with Crippen molar-refractivity contribution in [3.8, 4) is 0 Å². The molecule has 2 rings (SSSR count). The van der Waals surface area contributed by atoms with E-state index in [1.165, 1.54) is 18.2 Å². The number of rotatable bonds is 6. The molecule has 0 aromatic heterocycles. The van der Waals surface area contributed by atoms with Crippen LogP contribution in [0.25, 0.3) is 0 Å². The zero-order valence-corrected chi connectivity index (χ0v) is 15.2. The molecule has 0 aliphatic carbocycles. The van der Waals surface area contributed by atoms with Gasteiger partial charge < -0.3 is 14.5 Å². The molecular weight excluding hydrogens is 328 g/mol. The van der Waals surface area contributed by atoms with Crippen LogP contribution in [-0.2, 0) is 9.09 Å². The summed E-state index contributed by atoms with van der Waals surface area (Å²) in [5.74, 6) is -2.17. The van der Waals surface area contributed by atoms with Crippen LogP contribution in [0.3, 0.4) is 0 Å². The molecule has 4 nitrogen and oxygen atoms in total. The molecule has 0 fully saturated rings. The van der Waals surface area contributed by atoms with Crippen LogP contribution in [0.4, 0.5) is 10.1 Å². The van der Waals surface area contributed by atoms with E-state index in [1.54, 1.807) is 44.2 Å². The van der Waals surface area contributed by atoms with E-state index in [-0.39, 0.29) is 11.7 Å². The van der Waals surface area contributed by atoms with E-state index in [0.717, 1.165) is 5.69 Å². The number of anilines is 1. The number of halogens is 1. The van der Waals surface area contributed by atoms with Crippen molar-refractivity contribution in [3.05, 3.63) is 59.9 Å². The number of benzene rings is 2. The predicted octanol–water partition coefficient (Wildman–Crippen LogP) is 3.91. The third-order valence-corrected chi connectivity index (χ3v) is 6.27. The minimum absolute atomic E-state index is 0.0295. The molecule has 2 aromatic carbocycles. The summed E-state index contributed by atoms with van der Waals surface area (Å²) in [6.45, 7) is 3.46. The van der Waals surface area contributed by atoms with E-state index in [2.05, 4.69) is 0 Å². The lowest BCUT2D eigenvalue weighted by Crippen LogP contribution is -2.18. The van der Waals surface area contributed by atoms with Crippen molar-refractivity contribution in [2.75, 3.05) is 19.0 Å². The van der Waals surface area contributed by atoms with Crippen LogP contribution >= 0.6 is 7.37 Å². The Bertz CT molecular complexity index is 731. The summed E-state index contributed by atoms with van der Waals surface area (Å²) in [5, 5.41) is 11.0. The lowest BCUT2D eigenvalue weighted by atomic mass is 10.2. The maximum atomic E-state index is 14.1. The van der Waals surface area contributed by atoms with Gasteiger partial charge in [-0.2, -0.15) is 0 Å². The Labute approximate surface area is 142 Å². The molecule has 0 saturated carbocycles. The molecule has 0 saturated heterocycles. The van der Waals surface area contributed by atoms with Gasteiger partial charge in [0.25, 0.3) is 7.37 Å². The average Bonchev–Trinajstić information content (AvgIpc) is 2.54. The third kappa shape index (κ3) is 3.86. The first-order valence-electron chi connectivity index (χ1n) is 7.74. The van der Waals surface area contributed by atoms with Crippen molar-refractivity contribution in [1.29, 1.82) is 0 Å². The number of nitrogens with zero attached hydrogens (tertiary/aromatic N) is 1. The van der Waals surface area contributed by atoms with Gasteiger partial charge in [-0.05, 0) is 44.2 Å². The highest BCUT2D eigenvalue weighted by Crippen LogP contribution is 2.58. The van der Waals surface area contributed by atoms with Crippen LogP contribution in [0.1, 0.15) is 25.3 Å². The first-order valence-corrected chi connectivity index (χ1v) is 9.43. The fourth-order valence-electron chi connectivity index (χ4n) is 2.40. The van der Waals surface area contributed by atoms with E-state index in [9.17, 15) is 14.1 Å². The van der Waals surface area contributed by atoms with Crippen molar-refractivity contribution in [2.24, 2.45) is 0 Å². The lowest BCUT2D eigenvalue weighted by molar-refractivity contribution is 0.186. The normalized spacial score (nSPS) is 15.1. The SMILES string of the molecule is CC(C)O[P@@](=O)(c1ccc(N(C)C)cc1)[C@@H](O)c1ccccc1F. The standard InChI is InChI=1S/C18H23FNO3P/c1-13(2)23-24(22,15-11-9-14(10-12-15)20(3)4)18(21)16-7-5-6-8-17(16)19/h5-13,18,21H,1-4H3/t18-,24+/m1/s1. The second-order valence-corrected chi connectivity index (χ2v) is 8.47. The van der Waals surface area contributed by atoms with Gasteiger partial charge in [-0.1, -0.05) is 18.2 Å². The van der Waals surface area contributed by atoms with Gasteiger partial charge in [-0.25, -0.2) is 4.39 Å². The molecule has 24 heavy (non-hydrogen) atoms. The minimum atomic E-state index is -3.72. The Kier molecular flexibility index (Phi) is 5.81. The van der Waals surface area contributed by atoms with E-state index in [0.29, 0.717) is 5.30 Å². The number of aliphatic hydroxyl groups is 1. The van der Waals surface area contributed by atoms with Crippen molar-refractivity contribution in [1.82, 2.24) is 0 Å². The van der Waals surface area contributed by atoms with Crippen molar-refractivity contribution < 1.29 is 18.6 Å². The molecule has 2 aromatic rings. The molecule has 0 spiro atoms. The first-order chi connectivity index (χ1) is 11.3. The highest BCUT2D eigenvalue weighted by atomic mass is 31.2. The maximum Gasteiger partial charge on any atom is 0.264 e. The smallest absolute Gasteiger partial charge is 0.264 e. The highest BCUT2D eigenvalue weighted by Gasteiger charge is 2.38. The Morgan fingerprint density at radius 3 is 2.17 bits per heavy atom. The quantitative estimate of drug-likeness (QED) is 0.802. The highest BCUT2D eigenvalue weighted by molar-refractivity contribution is 7.67. The largest absolute Gasteiger partial charge is 0.378 e. The van der Waals surface area contributed by atoms with E-state index < -0.39 is 19.0 Å². The molecule has 0 amide bonds. The van der Waals surface area contributed by atoms with Gasteiger partial charge in [0.1, 0.15) is 5.82 Å². The van der Waals surface area contributed by atoms with Gasteiger partial charge in [-0.15, -0.1) is 0 Å². The number of hydrogen-bond donors (Lipinski definition) is 1. The molecule has 0 aliphatic rings. The Hall–Kier alpha value is -1.68. The van der Waals surface area contributed by atoms with E-state index >= 15 is 0 Å². The maximum absolute atomic E-state index is 14.1. The van der Waals surface area contributed by atoms with E-state index in [1.807, 2.05) is 19.0 Å². The zero-order chi connectivity index (χ0) is 17.9. The summed E-state index contributed by atoms with van der Waals surface area (Å²) >= 11 is 0. The van der Waals surface area contributed by atoms with Crippen molar-refractivity contribution >= 4 is 18.4 Å². The molecule has 2 atom stereocenters. The number of aliphatic hydroxyl groups excluding tert-OH is 1. The fraction of sp³-hybridized carbons (Fsp3) is 0.333. The molecule has 1 N–H and O–H groups in total. The van der Waals surface area contributed by atoms with Gasteiger partial charge in [0, 0.05) is 30.7 Å². The predicted molar refractivity (Wildman–Crippen MR) is 95.6 cm³/mol. The Morgan fingerprint density at radius 2 is 1.67 bits per heavy atom. The summed E-state index contributed by atoms with van der Waals surface area (Å²) in [5.41, 5.74) is 0.897. The summed E-state index contributed by atoms with van der Waals surface area (Å²) in [4.78, 5) is 1.91. The summed E-state index contributed by atoms with van der Waals surface area (Å²) in [7, 11) is 0.0717. The van der Waals surface area contributed by atoms with Crippen LogP contribution < -0.4 is 10.2 Å². The van der Waals surface area contributed by atoms with Gasteiger partial charge in [0.15, 0.2) is 5.85 Å². The monoisotopic (exact) mass is 351 g/mol. The molecule has 0 bridgehead atoms. The average molecular weight is 351 g/mol. The van der Waals surface area contributed by atoms with Crippen LogP contribution in [0.2, 0.25) is 0 Å². The van der Waals surface area contributed by atoms with Crippen molar-refractivity contribution in [2.45, 2.75) is 25.8 Å². The van der Waals surface area contributed by atoms with Gasteiger partial charge in [0.2, 0.25) is 0 Å². The Morgan fingerprint density at radius 1 is 1.08 bits per heavy atom. The van der Waals surface area contributed by atoms with Crippen molar-refractivity contribution in [3.63, 3.8) is 0 Å². The molecule has 0 heterocycles. The van der Waals surface area contributed by atoms with Crippen LogP contribution in [-0.4, -0.2) is 25.3 Å². The summed E-state index contributed by atoms with van der Waals surface area (Å²) in [6.07, 6.45) is -0.384. The minimum Gasteiger partial charge on any atom is -0.378 e. The molecule has 6 heteroatoms. The lowest BCUT2D eigenvalue weighted by Gasteiger charge is -2.27. The summed E-state index contributed by atoms with van der Waals surface area (Å²) in [6, 6.07) is 12.7. The second-order valence-electron chi connectivity index (χ2n) is 6.06. The molecule has 0 unspecified atom stereocenters. The van der Waals surface area contributed by atoms with Gasteiger partial charge in [0.05, 0.1) is 6.10 Å². The topological polar surface area (TPSA) is 49.8 Å². The Balaban J connectivity index is 2.50. The molecular formula is C18H23FNO3P. The molecule has 130 valence electrons. The number of hydrogen-bond acceptors (Lipinski definition) is 4. The van der Waals surface area contributed by atoms with Crippen LogP contribution in [0.15, 0.2) is 48.5 Å². The van der Waals surface area contributed by atoms with Gasteiger partial charge in [-0.3, -0.25) is 4.57 Å². The third-order valence-electron chi connectivity index (χ3n) is 3.60. The summed E-state index contributed by atoms with van der Waals surface area (Å²) < 4.78 is 33.2. The molecule has 0 radical (unpaired) electrons. The van der Waals surface area contributed by atoms with Crippen LogP contribution in [0.5, 0.6) is 0 Å².